The second-order valence-corrected chi connectivity index (χ2v) is 3.24. The zero-order valence-corrected chi connectivity index (χ0v) is 8.93. The topological polar surface area (TPSA) is 39.1 Å². The van der Waals surface area contributed by atoms with Crippen molar-refractivity contribution >= 4 is 0 Å². The van der Waals surface area contributed by atoms with E-state index in [1.54, 1.807) is 14.0 Å². The van der Waals surface area contributed by atoms with Crippen molar-refractivity contribution in [3.05, 3.63) is 0 Å². The van der Waals surface area contributed by atoms with E-state index >= 15 is 0 Å². The van der Waals surface area contributed by atoms with Crippen molar-refractivity contribution in [1.29, 1.82) is 5.26 Å². The first-order chi connectivity index (χ1) is 6.92. The Balaban J connectivity index is 3.96. The lowest BCUT2D eigenvalue weighted by molar-refractivity contribution is -0.145. The molecule has 0 rings (SSSR count). The molecule has 0 bridgehead atoms. The third-order valence-electron chi connectivity index (χ3n) is 2.09. The number of nitrogens with zero attached hydrogens (tertiary/aromatic N) is 2. The van der Waals surface area contributed by atoms with Crippen LogP contribution in [0.1, 0.15) is 13.3 Å². The number of hydrogen-bond acceptors (Lipinski definition) is 3. The summed E-state index contributed by atoms with van der Waals surface area (Å²) in [6.45, 7) is 1.37. The zero-order valence-electron chi connectivity index (χ0n) is 8.93. The van der Waals surface area contributed by atoms with Gasteiger partial charge in [0.25, 0.3) is 0 Å². The van der Waals surface area contributed by atoms with Gasteiger partial charge in [-0.3, -0.25) is 4.90 Å². The Labute approximate surface area is 87.9 Å². The fourth-order valence-electron chi connectivity index (χ4n) is 1.19. The van der Waals surface area contributed by atoms with Gasteiger partial charge in [0.05, 0.1) is 18.7 Å². The summed E-state index contributed by atoms with van der Waals surface area (Å²) in [5, 5.41) is 11.3. The van der Waals surface area contributed by atoms with Crippen molar-refractivity contribution in [3.63, 3.8) is 0 Å². The summed E-state index contributed by atoms with van der Waals surface area (Å²) in [7, 11) is 1.62. The molecule has 3 nitrogen and oxygen atoms in total. The van der Waals surface area contributed by atoms with Crippen LogP contribution in [0, 0.1) is 11.3 Å². The van der Waals surface area contributed by atoms with Gasteiger partial charge in [-0.25, -0.2) is 0 Å². The molecule has 0 aromatic carbocycles. The molecule has 0 aromatic heterocycles. The predicted octanol–water partition coefficient (Wildman–Crippen LogP) is 1.37. The van der Waals surface area contributed by atoms with Gasteiger partial charge in [0, 0.05) is 6.54 Å². The molecule has 0 aliphatic rings. The first kappa shape index (κ1) is 14.2. The van der Waals surface area contributed by atoms with Crippen molar-refractivity contribution in [2.45, 2.75) is 25.6 Å². The molecule has 0 aromatic rings. The summed E-state index contributed by atoms with van der Waals surface area (Å²) in [6, 6.07) is 1.59. The average Bonchev–Trinajstić information content (AvgIpc) is 2.15. The van der Waals surface area contributed by atoms with Crippen LogP contribution in [0.5, 0.6) is 0 Å². The Morgan fingerprint density at radius 1 is 1.47 bits per heavy atom. The summed E-state index contributed by atoms with van der Waals surface area (Å²) in [6.07, 6.45) is -3.77. The lowest BCUT2D eigenvalue weighted by Crippen LogP contribution is -2.37. The molecule has 0 radical (unpaired) electrons. The number of alkyl halides is 3. The smallest absolute Gasteiger partial charge is 0.305 e. The second kappa shape index (κ2) is 6.64. The van der Waals surface area contributed by atoms with Crippen LogP contribution < -0.4 is 5.32 Å². The Hall–Kier alpha value is -0.800. The molecule has 0 fully saturated rings. The van der Waals surface area contributed by atoms with Crippen LogP contribution in [0.3, 0.4) is 0 Å². The van der Waals surface area contributed by atoms with Crippen molar-refractivity contribution < 1.29 is 13.2 Å². The van der Waals surface area contributed by atoms with Gasteiger partial charge in [-0.05, 0) is 20.0 Å². The number of nitrogens with one attached hydrogen (secondary N) is 1. The molecule has 6 heteroatoms. The first-order valence-electron chi connectivity index (χ1n) is 4.79. The molecule has 0 saturated heterocycles. The fraction of sp³-hybridized carbons (Fsp3) is 0.889. The van der Waals surface area contributed by atoms with E-state index < -0.39 is 12.7 Å². The zero-order chi connectivity index (χ0) is 11.9. The van der Waals surface area contributed by atoms with E-state index in [-0.39, 0.29) is 12.6 Å². The van der Waals surface area contributed by atoms with E-state index in [1.165, 1.54) is 4.90 Å². The molecular weight excluding hydrogens is 207 g/mol. The first-order valence-corrected chi connectivity index (χ1v) is 4.79. The van der Waals surface area contributed by atoms with E-state index in [4.69, 9.17) is 5.26 Å². The van der Waals surface area contributed by atoms with Crippen LogP contribution in [-0.4, -0.2) is 43.8 Å². The van der Waals surface area contributed by atoms with Gasteiger partial charge >= 0.3 is 6.18 Å². The molecule has 1 N–H and O–H groups in total. The molecule has 1 atom stereocenters. The van der Waals surface area contributed by atoms with E-state index in [1.807, 2.05) is 6.07 Å². The highest BCUT2D eigenvalue weighted by atomic mass is 19.4. The molecule has 0 amide bonds. The summed E-state index contributed by atoms with van der Waals surface area (Å²) in [4.78, 5) is 1.28. The molecule has 0 heterocycles. The number of rotatable bonds is 6. The Morgan fingerprint density at radius 3 is 2.40 bits per heavy atom. The Bertz CT molecular complexity index is 210. The van der Waals surface area contributed by atoms with E-state index in [0.29, 0.717) is 13.0 Å². The third-order valence-corrected chi connectivity index (χ3v) is 2.09. The van der Waals surface area contributed by atoms with E-state index in [9.17, 15) is 13.2 Å². The van der Waals surface area contributed by atoms with Gasteiger partial charge in [0.1, 0.15) is 0 Å². The van der Waals surface area contributed by atoms with Crippen LogP contribution >= 0.6 is 0 Å². The van der Waals surface area contributed by atoms with E-state index in [2.05, 4.69) is 5.32 Å². The largest absolute Gasteiger partial charge is 0.401 e. The van der Waals surface area contributed by atoms with Crippen molar-refractivity contribution in [1.82, 2.24) is 10.2 Å². The minimum atomic E-state index is -4.17. The standard InChI is InChI=1S/C9H16F3N3/c1-3-15(7-9(10,11)12)5-4-8(6-13)14-2/h8,14H,3-5,7H2,1-2H3. The quantitative estimate of drug-likeness (QED) is 0.739. The number of hydrogen-bond donors (Lipinski definition) is 1. The molecule has 0 saturated carbocycles. The van der Waals surface area contributed by atoms with Gasteiger partial charge in [0.2, 0.25) is 0 Å². The van der Waals surface area contributed by atoms with Crippen molar-refractivity contribution in [2.24, 2.45) is 0 Å². The lowest BCUT2D eigenvalue weighted by atomic mass is 10.2. The van der Waals surface area contributed by atoms with Crippen molar-refractivity contribution in [2.75, 3.05) is 26.7 Å². The molecule has 0 aliphatic heterocycles. The Morgan fingerprint density at radius 2 is 2.07 bits per heavy atom. The molecular formula is C9H16F3N3. The molecule has 0 aliphatic carbocycles. The van der Waals surface area contributed by atoms with Crippen molar-refractivity contribution in [3.8, 4) is 6.07 Å². The maximum Gasteiger partial charge on any atom is 0.401 e. The molecule has 88 valence electrons. The second-order valence-electron chi connectivity index (χ2n) is 3.24. The summed E-state index contributed by atoms with van der Waals surface area (Å²) in [5.74, 6) is 0. The summed E-state index contributed by atoms with van der Waals surface area (Å²) >= 11 is 0. The predicted molar refractivity (Wildman–Crippen MR) is 51.2 cm³/mol. The normalized spacial score (nSPS) is 13.9. The van der Waals surface area contributed by atoms with E-state index in [0.717, 1.165) is 0 Å². The maximum atomic E-state index is 12.1. The minimum Gasteiger partial charge on any atom is -0.305 e. The van der Waals surface area contributed by atoms with Crippen LogP contribution in [0.2, 0.25) is 0 Å². The summed E-state index contributed by atoms with van der Waals surface area (Å²) < 4.78 is 36.2. The van der Waals surface area contributed by atoms with Crippen LogP contribution in [0.25, 0.3) is 0 Å². The van der Waals surface area contributed by atoms with Gasteiger partial charge in [-0.2, -0.15) is 18.4 Å². The molecule has 15 heavy (non-hydrogen) atoms. The maximum absolute atomic E-state index is 12.1. The third kappa shape index (κ3) is 7.17. The van der Waals surface area contributed by atoms with Crippen LogP contribution in [0.15, 0.2) is 0 Å². The van der Waals surface area contributed by atoms with Gasteiger partial charge < -0.3 is 5.32 Å². The monoisotopic (exact) mass is 223 g/mol. The van der Waals surface area contributed by atoms with Gasteiger partial charge in [-0.1, -0.05) is 6.92 Å². The highest BCUT2D eigenvalue weighted by molar-refractivity contribution is 4.89. The number of nitriles is 1. The van der Waals surface area contributed by atoms with Gasteiger partial charge in [-0.15, -0.1) is 0 Å². The molecule has 0 spiro atoms. The highest BCUT2D eigenvalue weighted by Crippen LogP contribution is 2.16. The number of halogens is 3. The van der Waals surface area contributed by atoms with Crippen LogP contribution in [0.4, 0.5) is 13.2 Å². The Kier molecular flexibility index (Phi) is 6.29. The average molecular weight is 223 g/mol. The van der Waals surface area contributed by atoms with Gasteiger partial charge in [0.15, 0.2) is 0 Å². The molecule has 1 unspecified atom stereocenters. The lowest BCUT2D eigenvalue weighted by Gasteiger charge is -2.22. The van der Waals surface area contributed by atoms with Crippen LogP contribution in [-0.2, 0) is 0 Å². The highest BCUT2D eigenvalue weighted by Gasteiger charge is 2.29. The minimum absolute atomic E-state index is 0.273. The SMILES string of the molecule is CCN(CCC(C#N)NC)CC(F)(F)F. The fourth-order valence-corrected chi connectivity index (χ4v) is 1.19. The summed E-state index contributed by atoms with van der Waals surface area (Å²) in [5.41, 5.74) is 0.